The van der Waals surface area contributed by atoms with E-state index in [2.05, 4.69) is 22.2 Å². The Morgan fingerprint density at radius 2 is 2.14 bits per heavy atom. The molecule has 1 aromatic rings. The summed E-state index contributed by atoms with van der Waals surface area (Å²) in [5.41, 5.74) is 1.35. The van der Waals surface area contributed by atoms with Crippen molar-refractivity contribution in [1.29, 1.82) is 0 Å². The molecule has 1 aromatic heterocycles. The van der Waals surface area contributed by atoms with Crippen LogP contribution in [0.15, 0.2) is 18.3 Å². The van der Waals surface area contributed by atoms with Gasteiger partial charge in [-0.3, -0.25) is 9.59 Å². The van der Waals surface area contributed by atoms with Gasteiger partial charge in [-0.2, -0.15) is 0 Å². The van der Waals surface area contributed by atoms with E-state index in [9.17, 15) is 9.59 Å². The van der Waals surface area contributed by atoms with Gasteiger partial charge in [0.1, 0.15) is 12.2 Å². The largest absolute Gasteiger partial charge is 0.480 e. The lowest BCUT2D eigenvalue weighted by Crippen LogP contribution is -2.29. The highest BCUT2D eigenvalue weighted by atomic mass is 16.4. The van der Waals surface area contributed by atoms with Crippen LogP contribution in [0.5, 0.6) is 0 Å². The zero-order valence-corrected chi connectivity index (χ0v) is 12.7. The van der Waals surface area contributed by atoms with Crippen LogP contribution in [-0.4, -0.2) is 32.0 Å². The third-order valence-corrected chi connectivity index (χ3v) is 2.72. The number of hydrogen-bond acceptors (Lipinski definition) is 4. The Morgan fingerprint density at radius 1 is 1.48 bits per heavy atom. The average Bonchev–Trinajstić information content (AvgIpc) is 2.73. The first kappa shape index (κ1) is 16.9. The minimum atomic E-state index is -0.988. The van der Waals surface area contributed by atoms with E-state index in [1.165, 1.54) is 4.68 Å². The molecule has 0 saturated heterocycles. The van der Waals surface area contributed by atoms with Crippen LogP contribution in [-0.2, 0) is 16.1 Å². The molecule has 1 atom stereocenters. The number of hydrogen-bond donors (Lipinski definition) is 2. The van der Waals surface area contributed by atoms with Crippen molar-refractivity contribution >= 4 is 11.9 Å². The van der Waals surface area contributed by atoms with Gasteiger partial charge in [0.25, 0.3) is 0 Å². The average molecular weight is 294 g/mol. The van der Waals surface area contributed by atoms with E-state index < -0.39 is 5.97 Å². The van der Waals surface area contributed by atoms with Crippen LogP contribution in [0, 0.1) is 5.92 Å². The lowest BCUT2D eigenvalue weighted by Gasteiger charge is -2.18. The molecule has 1 rings (SSSR count). The van der Waals surface area contributed by atoms with Crippen molar-refractivity contribution in [3.63, 3.8) is 0 Å². The van der Waals surface area contributed by atoms with Gasteiger partial charge in [-0.25, -0.2) is 4.68 Å². The van der Waals surface area contributed by atoms with Crippen molar-refractivity contribution in [2.45, 2.75) is 46.2 Å². The van der Waals surface area contributed by atoms with Gasteiger partial charge in [0, 0.05) is 6.42 Å². The molecule has 7 heteroatoms. The maximum Gasteiger partial charge on any atom is 0.325 e. The number of amides is 1. The number of nitrogens with one attached hydrogen (secondary N) is 1. The fraction of sp³-hybridized carbons (Fsp3) is 0.571. The quantitative estimate of drug-likeness (QED) is 0.709. The summed E-state index contributed by atoms with van der Waals surface area (Å²) in [7, 11) is 0. The number of rotatable bonds is 8. The zero-order chi connectivity index (χ0) is 16.0. The van der Waals surface area contributed by atoms with Gasteiger partial charge in [-0.05, 0) is 19.3 Å². The molecule has 21 heavy (non-hydrogen) atoms. The summed E-state index contributed by atoms with van der Waals surface area (Å²) < 4.78 is 1.25. The summed E-state index contributed by atoms with van der Waals surface area (Å²) in [6, 6.07) is -0.278. The topological polar surface area (TPSA) is 97.1 Å². The van der Waals surface area contributed by atoms with Crippen molar-refractivity contribution in [2.24, 2.45) is 5.92 Å². The van der Waals surface area contributed by atoms with Crippen LogP contribution in [0.3, 0.4) is 0 Å². The molecule has 0 aromatic carbocycles. The van der Waals surface area contributed by atoms with E-state index in [0.29, 0.717) is 18.0 Å². The predicted molar refractivity (Wildman–Crippen MR) is 77.4 cm³/mol. The number of carboxylic acids is 1. The van der Waals surface area contributed by atoms with Crippen molar-refractivity contribution in [2.75, 3.05) is 0 Å². The van der Waals surface area contributed by atoms with Gasteiger partial charge >= 0.3 is 5.97 Å². The Bertz CT molecular complexity index is 522. The Hall–Kier alpha value is -2.18. The Labute approximate surface area is 124 Å². The number of aliphatic carboxylic acids is 1. The van der Waals surface area contributed by atoms with Crippen LogP contribution < -0.4 is 5.32 Å². The van der Waals surface area contributed by atoms with Crippen LogP contribution in [0.4, 0.5) is 0 Å². The van der Waals surface area contributed by atoms with Crippen molar-refractivity contribution in [3.05, 3.63) is 24.0 Å². The van der Waals surface area contributed by atoms with E-state index in [0.717, 1.165) is 5.57 Å². The Morgan fingerprint density at radius 3 is 2.67 bits per heavy atom. The third kappa shape index (κ3) is 6.20. The van der Waals surface area contributed by atoms with E-state index in [1.54, 1.807) is 13.1 Å². The molecule has 0 aliphatic carbocycles. The molecular formula is C14H22N4O3. The monoisotopic (exact) mass is 294 g/mol. The number of carbonyl (C=O) groups excluding carboxylic acids is 1. The van der Waals surface area contributed by atoms with Gasteiger partial charge in [0.15, 0.2) is 0 Å². The maximum atomic E-state index is 11.9. The second-order valence-corrected chi connectivity index (χ2v) is 5.62. The van der Waals surface area contributed by atoms with Crippen molar-refractivity contribution < 1.29 is 14.7 Å². The first-order chi connectivity index (χ1) is 9.77. The van der Waals surface area contributed by atoms with Crippen molar-refractivity contribution in [1.82, 2.24) is 20.3 Å². The normalized spacial score (nSPS) is 12.2. The molecular weight excluding hydrogens is 272 g/mol. The molecule has 1 unspecified atom stereocenters. The molecule has 7 nitrogen and oxygen atoms in total. The molecule has 0 fully saturated rings. The van der Waals surface area contributed by atoms with Gasteiger partial charge < -0.3 is 10.4 Å². The second kappa shape index (κ2) is 7.56. The first-order valence-corrected chi connectivity index (χ1v) is 6.83. The number of nitrogens with zero attached hydrogens (tertiary/aromatic N) is 3. The van der Waals surface area contributed by atoms with Gasteiger partial charge in [-0.1, -0.05) is 31.2 Å². The minimum Gasteiger partial charge on any atom is -0.480 e. The highest BCUT2D eigenvalue weighted by Crippen LogP contribution is 2.19. The van der Waals surface area contributed by atoms with Gasteiger partial charge in [0.05, 0.1) is 12.2 Å². The molecule has 1 heterocycles. The lowest BCUT2D eigenvalue weighted by atomic mass is 10.0. The Kier molecular flexibility index (Phi) is 6.08. The SMILES string of the molecule is C=C(C)CC(=O)NC(CC(C)C)c1cn(CC(=O)O)nn1. The summed E-state index contributed by atoms with van der Waals surface area (Å²) >= 11 is 0. The van der Waals surface area contributed by atoms with Crippen LogP contribution in [0.1, 0.15) is 45.3 Å². The lowest BCUT2D eigenvalue weighted by molar-refractivity contribution is -0.138. The zero-order valence-electron chi connectivity index (χ0n) is 12.7. The summed E-state index contributed by atoms with van der Waals surface area (Å²) in [5, 5.41) is 19.4. The highest BCUT2D eigenvalue weighted by molar-refractivity contribution is 5.78. The van der Waals surface area contributed by atoms with Gasteiger partial charge in [0.2, 0.25) is 5.91 Å². The smallest absolute Gasteiger partial charge is 0.325 e. The van der Waals surface area contributed by atoms with Crippen LogP contribution in [0.25, 0.3) is 0 Å². The molecule has 0 aliphatic heterocycles. The number of aromatic nitrogens is 3. The molecule has 0 saturated carbocycles. The standard InChI is InChI=1S/C14H22N4O3/c1-9(2)5-11(15-13(19)6-10(3)4)12-7-18(17-16-12)8-14(20)21/h7,9,11H,3,5-6,8H2,1-2,4H3,(H,15,19)(H,20,21). The summed E-state index contributed by atoms with van der Waals surface area (Å²) in [4.78, 5) is 22.5. The molecule has 0 aliphatic rings. The minimum absolute atomic E-state index is 0.124. The molecule has 2 N–H and O–H groups in total. The molecule has 0 spiro atoms. The van der Waals surface area contributed by atoms with Crippen LogP contribution >= 0.6 is 0 Å². The fourth-order valence-electron chi connectivity index (χ4n) is 1.93. The molecule has 0 radical (unpaired) electrons. The predicted octanol–water partition coefficient (Wildman–Crippen LogP) is 1.53. The van der Waals surface area contributed by atoms with E-state index in [1.807, 2.05) is 13.8 Å². The van der Waals surface area contributed by atoms with E-state index in [4.69, 9.17) is 5.11 Å². The third-order valence-electron chi connectivity index (χ3n) is 2.72. The molecule has 1 amide bonds. The summed E-state index contributed by atoms with van der Waals surface area (Å²) in [5.74, 6) is -0.760. The van der Waals surface area contributed by atoms with Crippen molar-refractivity contribution in [3.8, 4) is 0 Å². The second-order valence-electron chi connectivity index (χ2n) is 5.62. The number of carbonyl (C=O) groups is 2. The summed E-state index contributed by atoms with van der Waals surface area (Å²) in [6.45, 7) is 9.34. The first-order valence-electron chi connectivity index (χ1n) is 6.83. The molecule has 116 valence electrons. The maximum absolute atomic E-state index is 11.9. The van der Waals surface area contributed by atoms with Gasteiger partial charge in [-0.15, -0.1) is 5.10 Å². The molecule has 0 bridgehead atoms. The summed E-state index contributed by atoms with van der Waals surface area (Å²) in [6.07, 6.45) is 2.52. The van der Waals surface area contributed by atoms with Crippen LogP contribution in [0.2, 0.25) is 0 Å². The van der Waals surface area contributed by atoms with E-state index in [-0.39, 0.29) is 24.9 Å². The van der Waals surface area contributed by atoms with E-state index >= 15 is 0 Å². The highest BCUT2D eigenvalue weighted by Gasteiger charge is 2.19. The number of carboxylic acid groups (broad SMARTS) is 1. The Balaban J connectivity index is 2.81. The fourth-order valence-corrected chi connectivity index (χ4v) is 1.93.